The predicted octanol–water partition coefficient (Wildman–Crippen LogP) is 2.53. The average Bonchev–Trinajstić information content (AvgIpc) is 2.37. The molecule has 0 aromatic heterocycles. The van der Waals surface area contributed by atoms with E-state index >= 15 is 0 Å². The van der Waals surface area contributed by atoms with Crippen LogP contribution in [0, 0.1) is 0 Å². The fourth-order valence-corrected chi connectivity index (χ4v) is 1.60. The van der Waals surface area contributed by atoms with E-state index in [0.717, 1.165) is 17.1 Å². The third kappa shape index (κ3) is 5.63. The predicted molar refractivity (Wildman–Crippen MR) is 70.7 cm³/mol. The number of hydrogen-bond acceptors (Lipinski definition) is 4. The molecule has 0 atom stereocenters. The molecule has 0 N–H and O–H groups in total. The largest absolute Gasteiger partial charge is 0.497 e. The maximum atomic E-state index is 11.4. The third-order valence-electron chi connectivity index (χ3n) is 2.33. The number of rotatable bonds is 7. The smallest absolute Gasteiger partial charge is 0.306 e. The number of ether oxygens (including phenoxy) is 2. The maximum Gasteiger partial charge on any atom is 0.306 e. The Bertz CT molecular complexity index is 335. The van der Waals surface area contributed by atoms with Crippen molar-refractivity contribution in [2.24, 2.45) is 0 Å². The Balaban J connectivity index is 2.27. The summed E-state index contributed by atoms with van der Waals surface area (Å²) in [5, 5.41) is 0. The van der Waals surface area contributed by atoms with Crippen LogP contribution in [0.25, 0.3) is 0 Å². The molecule has 0 aliphatic rings. The van der Waals surface area contributed by atoms with E-state index in [1.54, 1.807) is 18.9 Å². The molecule has 17 heavy (non-hydrogen) atoms. The molecule has 1 aromatic carbocycles. The zero-order valence-corrected chi connectivity index (χ0v) is 11.1. The molecular weight excluding hydrogens is 236 g/mol. The summed E-state index contributed by atoms with van der Waals surface area (Å²) in [6.07, 6.45) is 3.13. The highest BCUT2D eigenvalue weighted by molar-refractivity contribution is 7.98. The summed E-state index contributed by atoms with van der Waals surface area (Å²) < 4.78 is 10.1. The molecule has 0 saturated heterocycles. The minimum Gasteiger partial charge on any atom is -0.497 e. The molecule has 0 unspecified atom stereocenters. The first-order valence-electron chi connectivity index (χ1n) is 5.53. The van der Waals surface area contributed by atoms with Crippen molar-refractivity contribution < 1.29 is 14.3 Å². The van der Waals surface area contributed by atoms with Crippen molar-refractivity contribution in [1.29, 1.82) is 0 Å². The molecule has 0 saturated carbocycles. The van der Waals surface area contributed by atoms with E-state index in [4.69, 9.17) is 9.47 Å². The van der Waals surface area contributed by atoms with Crippen LogP contribution < -0.4 is 4.74 Å². The maximum absolute atomic E-state index is 11.4. The van der Waals surface area contributed by atoms with E-state index < -0.39 is 0 Å². The number of carbonyl (C=O) groups is 1. The van der Waals surface area contributed by atoms with E-state index in [1.807, 2.05) is 30.5 Å². The Morgan fingerprint density at radius 1 is 1.29 bits per heavy atom. The monoisotopic (exact) mass is 254 g/mol. The molecule has 0 radical (unpaired) electrons. The van der Waals surface area contributed by atoms with Crippen molar-refractivity contribution in [3.05, 3.63) is 29.8 Å². The Morgan fingerprint density at radius 3 is 2.59 bits per heavy atom. The molecule has 0 amide bonds. The third-order valence-corrected chi connectivity index (χ3v) is 2.90. The molecule has 4 heteroatoms. The lowest BCUT2D eigenvalue weighted by atomic mass is 10.1. The lowest BCUT2D eigenvalue weighted by Crippen LogP contribution is -2.08. The van der Waals surface area contributed by atoms with E-state index in [0.29, 0.717) is 19.4 Å². The normalized spacial score (nSPS) is 10.0. The summed E-state index contributed by atoms with van der Waals surface area (Å²) in [4.78, 5) is 11.4. The molecule has 0 bridgehead atoms. The highest BCUT2D eigenvalue weighted by atomic mass is 32.2. The van der Waals surface area contributed by atoms with Crippen molar-refractivity contribution in [1.82, 2.24) is 0 Å². The molecule has 3 nitrogen and oxygen atoms in total. The van der Waals surface area contributed by atoms with Gasteiger partial charge in [-0.1, -0.05) is 12.1 Å². The van der Waals surface area contributed by atoms with Gasteiger partial charge < -0.3 is 9.47 Å². The molecule has 94 valence electrons. The van der Waals surface area contributed by atoms with Gasteiger partial charge in [-0.2, -0.15) is 11.8 Å². The topological polar surface area (TPSA) is 35.5 Å². The molecular formula is C13H18O3S. The van der Waals surface area contributed by atoms with Crippen LogP contribution >= 0.6 is 11.8 Å². The van der Waals surface area contributed by atoms with Crippen LogP contribution in [-0.2, 0) is 16.0 Å². The van der Waals surface area contributed by atoms with Gasteiger partial charge in [-0.15, -0.1) is 0 Å². The van der Waals surface area contributed by atoms with Crippen LogP contribution in [0.1, 0.15) is 12.0 Å². The second-order valence-corrected chi connectivity index (χ2v) is 4.55. The Hall–Kier alpha value is -1.16. The number of aryl methyl sites for hydroxylation is 1. The van der Waals surface area contributed by atoms with E-state index in [1.165, 1.54) is 0 Å². The fourth-order valence-electron chi connectivity index (χ4n) is 1.35. The van der Waals surface area contributed by atoms with Gasteiger partial charge >= 0.3 is 5.97 Å². The highest BCUT2D eigenvalue weighted by Gasteiger charge is 2.03. The van der Waals surface area contributed by atoms with Crippen LogP contribution in [-0.4, -0.2) is 31.7 Å². The van der Waals surface area contributed by atoms with Gasteiger partial charge in [0.2, 0.25) is 0 Å². The van der Waals surface area contributed by atoms with Gasteiger partial charge in [0.1, 0.15) is 12.4 Å². The first-order chi connectivity index (χ1) is 8.26. The van der Waals surface area contributed by atoms with Crippen molar-refractivity contribution in [2.75, 3.05) is 25.7 Å². The summed E-state index contributed by atoms with van der Waals surface area (Å²) in [6, 6.07) is 7.73. The minimum absolute atomic E-state index is 0.130. The summed E-state index contributed by atoms with van der Waals surface area (Å²) in [5.41, 5.74) is 1.12. The number of hydrogen-bond donors (Lipinski definition) is 0. The molecule has 0 aliphatic heterocycles. The van der Waals surface area contributed by atoms with Gasteiger partial charge in [-0.3, -0.25) is 4.79 Å². The van der Waals surface area contributed by atoms with Crippen LogP contribution in [0.2, 0.25) is 0 Å². The van der Waals surface area contributed by atoms with E-state index in [9.17, 15) is 4.79 Å². The van der Waals surface area contributed by atoms with Crippen LogP contribution in [0.5, 0.6) is 5.75 Å². The first kappa shape index (κ1) is 13.9. The lowest BCUT2D eigenvalue weighted by molar-refractivity contribution is -0.142. The molecule has 0 aliphatic carbocycles. The SMILES string of the molecule is COc1ccc(CCC(=O)OCCSC)cc1. The fraction of sp³-hybridized carbons (Fsp3) is 0.462. The first-order valence-corrected chi connectivity index (χ1v) is 6.93. The van der Waals surface area contributed by atoms with Gasteiger partial charge in [0, 0.05) is 12.2 Å². The van der Waals surface area contributed by atoms with Crippen molar-refractivity contribution >= 4 is 17.7 Å². The van der Waals surface area contributed by atoms with Crippen LogP contribution in [0.4, 0.5) is 0 Å². The second-order valence-electron chi connectivity index (χ2n) is 3.56. The molecule has 1 aromatic rings. The number of carbonyl (C=O) groups excluding carboxylic acids is 1. The molecule has 1 rings (SSSR count). The van der Waals surface area contributed by atoms with Crippen molar-refractivity contribution in [2.45, 2.75) is 12.8 Å². The summed E-state index contributed by atoms with van der Waals surface area (Å²) in [5.74, 6) is 1.56. The minimum atomic E-state index is -0.130. The number of thioether (sulfide) groups is 1. The summed E-state index contributed by atoms with van der Waals surface area (Å²) in [7, 11) is 1.64. The Labute approximate surface area is 106 Å². The average molecular weight is 254 g/mol. The van der Waals surface area contributed by atoms with Gasteiger partial charge in [0.05, 0.1) is 7.11 Å². The zero-order valence-electron chi connectivity index (χ0n) is 10.3. The zero-order chi connectivity index (χ0) is 12.5. The lowest BCUT2D eigenvalue weighted by Gasteiger charge is -2.04. The van der Waals surface area contributed by atoms with Crippen LogP contribution in [0.3, 0.4) is 0 Å². The van der Waals surface area contributed by atoms with Crippen molar-refractivity contribution in [3.8, 4) is 5.75 Å². The molecule has 0 spiro atoms. The highest BCUT2D eigenvalue weighted by Crippen LogP contribution is 2.12. The van der Waals surface area contributed by atoms with Gasteiger partial charge in [-0.25, -0.2) is 0 Å². The van der Waals surface area contributed by atoms with E-state index in [-0.39, 0.29) is 5.97 Å². The van der Waals surface area contributed by atoms with Crippen LogP contribution in [0.15, 0.2) is 24.3 Å². The summed E-state index contributed by atoms with van der Waals surface area (Å²) >= 11 is 1.67. The van der Waals surface area contributed by atoms with Crippen molar-refractivity contribution in [3.63, 3.8) is 0 Å². The van der Waals surface area contributed by atoms with E-state index in [2.05, 4.69) is 0 Å². The van der Waals surface area contributed by atoms with Gasteiger partial charge in [0.25, 0.3) is 0 Å². The second kappa shape index (κ2) is 8.01. The van der Waals surface area contributed by atoms with Gasteiger partial charge in [-0.05, 0) is 30.4 Å². The standard InChI is InChI=1S/C13H18O3S/c1-15-12-6-3-11(4-7-12)5-8-13(14)16-9-10-17-2/h3-4,6-7H,5,8-10H2,1-2H3. The number of benzene rings is 1. The molecule has 0 fully saturated rings. The number of esters is 1. The summed E-state index contributed by atoms with van der Waals surface area (Å²) in [6.45, 7) is 0.503. The number of methoxy groups -OCH3 is 1. The Morgan fingerprint density at radius 2 is 2.00 bits per heavy atom. The van der Waals surface area contributed by atoms with Gasteiger partial charge in [0.15, 0.2) is 0 Å². The Kier molecular flexibility index (Phi) is 6.55. The quantitative estimate of drug-likeness (QED) is 0.553. The molecule has 0 heterocycles.